The van der Waals surface area contributed by atoms with Gasteiger partial charge >= 0.3 is 12.1 Å². The highest BCUT2D eigenvalue weighted by Crippen LogP contribution is 2.57. The Balaban J connectivity index is 0.746. The molecule has 0 aliphatic carbocycles. The molecule has 0 bridgehead atoms. The lowest BCUT2D eigenvalue weighted by Crippen LogP contribution is -2.33. The number of phenolic OH excluding ortho intramolecular Hbond substituents is 2. The number of anilines is 2. The number of ether oxygens (including phenoxy) is 2. The number of hydrogen-bond donors (Lipinski definition) is 5. The van der Waals surface area contributed by atoms with E-state index in [1.54, 1.807) is 48.5 Å². The van der Waals surface area contributed by atoms with Gasteiger partial charge in [0.05, 0.1) is 11.1 Å². The van der Waals surface area contributed by atoms with Crippen LogP contribution in [-0.4, -0.2) is 61.3 Å². The Kier molecular flexibility index (Phi) is 11.5. The van der Waals surface area contributed by atoms with E-state index in [-0.39, 0.29) is 52.7 Å². The van der Waals surface area contributed by atoms with E-state index < -0.39 is 23.3 Å². The topological polar surface area (TPSA) is 190 Å². The first kappa shape index (κ1) is 41.3. The van der Waals surface area contributed by atoms with E-state index in [4.69, 9.17) is 9.47 Å². The van der Waals surface area contributed by atoms with Gasteiger partial charge in [0.25, 0.3) is 5.91 Å². The Hall–Kier alpha value is -7.43. The fourth-order valence-corrected chi connectivity index (χ4v) is 7.62. The molecular formula is C45H40F3N7O7. The van der Waals surface area contributed by atoms with Crippen LogP contribution in [0.3, 0.4) is 0 Å². The van der Waals surface area contributed by atoms with Crippen molar-refractivity contribution in [3.63, 3.8) is 0 Å². The average Bonchev–Trinajstić information content (AvgIpc) is 3.83. The van der Waals surface area contributed by atoms with Crippen molar-refractivity contribution in [2.24, 2.45) is 0 Å². The summed E-state index contributed by atoms with van der Waals surface area (Å²) in [5, 5.41) is 41.5. The average molecular weight is 848 g/mol. The van der Waals surface area contributed by atoms with E-state index in [1.165, 1.54) is 47.3 Å². The number of amides is 2. The molecule has 0 fully saturated rings. The number of carbonyl (C=O) groups is 3. The molecule has 5 N–H and O–H groups in total. The predicted molar refractivity (Wildman–Crippen MR) is 219 cm³/mol. The molecule has 6 aromatic rings. The number of nitrogens with one attached hydrogen (secondary N) is 3. The lowest BCUT2D eigenvalue weighted by atomic mass is 9.77. The van der Waals surface area contributed by atoms with Crippen LogP contribution in [0.2, 0.25) is 0 Å². The summed E-state index contributed by atoms with van der Waals surface area (Å²) in [6, 6.07) is 25.6. The van der Waals surface area contributed by atoms with Crippen molar-refractivity contribution in [2.75, 3.05) is 18.4 Å². The number of nitrogens with zero attached hydrogens (tertiary/aromatic N) is 4. The SMILES string of the molecule is O=C(Cn1nnc(-c2ccccc2Nc2ccc(C(F)(F)F)cc2)n1)NCCCCCCCCNC(=O)c1ccc2c(c1)C(=O)OC21c2ccc(O)cc2Oc2cc(O)ccc21. The number of fused-ring (bicyclic) bond motifs is 6. The number of rotatable bonds is 15. The highest BCUT2D eigenvalue weighted by atomic mass is 19.4. The summed E-state index contributed by atoms with van der Waals surface area (Å²) >= 11 is 0. The van der Waals surface area contributed by atoms with Gasteiger partial charge in [0, 0.05) is 64.4 Å². The van der Waals surface area contributed by atoms with Gasteiger partial charge in [-0.3, -0.25) is 9.59 Å². The van der Waals surface area contributed by atoms with E-state index in [1.807, 2.05) is 0 Å². The van der Waals surface area contributed by atoms with Crippen LogP contribution in [0, 0.1) is 0 Å². The smallest absolute Gasteiger partial charge is 0.416 e. The fourth-order valence-electron chi connectivity index (χ4n) is 7.62. The van der Waals surface area contributed by atoms with Crippen LogP contribution in [0.5, 0.6) is 23.0 Å². The molecule has 8 rings (SSSR count). The van der Waals surface area contributed by atoms with Crippen LogP contribution in [-0.2, 0) is 27.9 Å². The standard InChI is InChI=1S/C45H40F3N7O7/c46-45(47,48)28-12-14-29(15-13-28)51-37-10-6-5-9-32(37)41-52-54-55(53-41)26-40(58)49-21-7-3-1-2-4-8-22-50-42(59)27-11-18-34-33(23-27)43(60)62-44(34)35-19-16-30(56)24-38(35)61-39-25-31(57)17-20-36(39)44/h5-6,9-20,23-25,51,56-57H,1-4,7-8,21-22,26H2,(H,49,58)(H,50,59). The number of aromatic nitrogens is 4. The molecule has 2 aliphatic heterocycles. The van der Waals surface area contributed by atoms with E-state index >= 15 is 0 Å². The van der Waals surface area contributed by atoms with Gasteiger partial charge in [-0.2, -0.15) is 18.0 Å². The van der Waals surface area contributed by atoms with Crippen molar-refractivity contribution in [1.82, 2.24) is 30.8 Å². The summed E-state index contributed by atoms with van der Waals surface area (Å²) in [5.41, 5.74) is 1.46. The van der Waals surface area contributed by atoms with Gasteiger partial charge in [0.2, 0.25) is 11.7 Å². The van der Waals surface area contributed by atoms with Gasteiger partial charge in [-0.25, -0.2) is 4.79 Å². The number of benzene rings is 5. The molecule has 0 radical (unpaired) electrons. The second kappa shape index (κ2) is 17.3. The number of carbonyl (C=O) groups excluding carboxylic acids is 3. The number of esters is 1. The number of unbranched alkanes of at least 4 members (excludes halogenated alkanes) is 5. The minimum atomic E-state index is -4.43. The Bertz CT molecular complexity index is 2600. The van der Waals surface area contributed by atoms with Crippen molar-refractivity contribution in [3.8, 4) is 34.4 Å². The molecule has 0 unspecified atom stereocenters. The van der Waals surface area contributed by atoms with E-state index in [0.29, 0.717) is 52.3 Å². The highest BCUT2D eigenvalue weighted by Gasteiger charge is 2.53. The van der Waals surface area contributed by atoms with Gasteiger partial charge < -0.3 is 35.6 Å². The zero-order valence-corrected chi connectivity index (χ0v) is 33.0. The third-order valence-electron chi connectivity index (χ3n) is 10.6. The minimum Gasteiger partial charge on any atom is -0.508 e. The molecular weight excluding hydrogens is 808 g/mol. The monoisotopic (exact) mass is 847 g/mol. The van der Waals surface area contributed by atoms with Gasteiger partial charge in [0.1, 0.15) is 29.5 Å². The lowest BCUT2D eigenvalue weighted by molar-refractivity contribution is -0.137. The molecule has 5 aromatic carbocycles. The normalized spacial score (nSPS) is 13.4. The third kappa shape index (κ3) is 8.59. The number of hydrogen-bond acceptors (Lipinski definition) is 11. The molecule has 318 valence electrons. The van der Waals surface area contributed by atoms with Gasteiger partial charge in [-0.1, -0.05) is 43.9 Å². The Labute approximate surface area is 352 Å². The fraction of sp³-hybridized carbons (Fsp3) is 0.244. The lowest BCUT2D eigenvalue weighted by Gasteiger charge is -2.36. The van der Waals surface area contributed by atoms with Crippen LogP contribution in [0.4, 0.5) is 24.5 Å². The van der Waals surface area contributed by atoms with Crippen molar-refractivity contribution >= 4 is 29.2 Å². The summed E-state index contributed by atoms with van der Waals surface area (Å²) in [6.45, 7) is 0.788. The molecule has 0 saturated heterocycles. The third-order valence-corrected chi connectivity index (χ3v) is 10.6. The second-order valence-corrected chi connectivity index (χ2v) is 14.9. The molecule has 1 aromatic heterocycles. The van der Waals surface area contributed by atoms with Crippen LogP contribution in [0.1, 0.15) is 81.5 Å². The largest absolute Gasteiger partial charge is 0.508 e. The molecule has 2 amide bonds. The molecule has 14 nitrogen and oxygen atoms in total. The molecule has 3 heterocycles. The van der Waals surface area contributed by atoms with Crippen LogP contribution in [0.25, 0.3) is 11.4 Å². The number of aromatic hydroxyl groups is 2. The molecule has 62 heavy (non-hydrogen) atoms. The first-order valence-electron chi connectivity index (χ1n) is 20.0. The van der Waals surface area contributed by atoms with E-state index in [0.717, 1.165) is 50.7 Å². The Morgan fingerprint density at radius 1 is 0.726 bits per heavy atom. The number of para-hydroxylation sites is 1. The number of halogens is 3. The first-order valence-corrected chi connectivity index (χ1v) is 20.0. The molecule has 2 aliphatic rings. The zero-order valence-electron chi connectivity index (χ0n) is 33.0. The van der Waals surface area contributed by atoms with Gasteiger partial charge in [-0.05, 0) is 90.9 Å². The first-order chi connectivity index (χ1) is 29.9. The predicted octanol–water partition coefficient (Wildman–Crippen LogP) is 7.97. The summed E-state index contributed by atoms with van der Waals surface area (Å²) in [7, 11) is 0. The number of phenols is 2. The second-order valence-electron chi connectivity index (χ2n) is 14.9. The van der Waals surface area contributed by atoms with Crippen molar-refractivity contribution in [3.05, 3.63) is 137 Å². The van der Waals surface area contributed by atoms with E-state index in [9.17, 15) is 37.8 Å². The van der Waals surface area contributed by atoms with Gasteiger partial charge in [0.15, 0.2) is 5.60 Å². The maximum atomic E-state index is 13.4. The molecule has 0 atom stereocenters. The van der Waals surface area contributed by atoms with Crippen LogP contribution in [0.15, 0.2) is 103 Å². The van der Waals surface area contributed by atoms with Crippen molar-refractivity contribution in [1.29, 1.82) is 0 Å². The summed E-state index contributed by atoms with van der Waals surface area (Å²) in [5.74, 6) is -0.522. The Morgan fingerprint density at radius 3 is 2.03 bits per heavy atom. The molecule has 17 heteroatoms. The van der Waals surface area contributed by atoms with Crippen molar-refractivity contribution < 1.29 is 47.2 Å². The van der Waals surface area contributed by atoms with Crippen molar-refractivity contribution in [2.45, 2.75) is 56.8 Å². The maximum Gasteiger partial charge on any atom is 0.416 e. The summed E-state index contributed by atoms with van der Waals surface area (Å²) in [4.78, 5) is 40.3. The van der Waals surface area contributed by atoms with Crippen LogP contribution < -0.4 is 20.7 Å². The number of tetrazole rings is 1. The Morgan fingerprint density at radius 2 is 1.35 bits per heavy atom. The molecule has 1 spiro atoms. The zero-order chi connectivity index (χ0) is 43.4. The van der Waals surface area contributed by atoms with Gasteiger partial charge in [-0.15, -0.1) is 10.2 Å². The van der Waals surface area contributed by atoms with Crippen LogP contribution >= 0.6 is 0 Å². The minimum absolute atomic E-state index is 0.0442. The van der Waals surface area contributed by atoms with E-state index in [2.05, 4.69) is 31.4 Å². The number of alkyl halides is 3. The molecule has 0 saturated carbocycles. The highest BCUT2D eigenvalue weighted by molar-refractivity contribution is 6.01. The quantitative estimate of drug-likeness (QED) is 0.0498. The maximum absolute atomic E-state index is 13.4. The summed E-state index contributed by atoms with van der Waals surface area (Å²) in [6.07, 6.45) is 0.783. The summed E-state index contributed by atoms with van der Waals surface area (Å²) < 4.78 is 51.0.